The van der Waals surface area contributed by atoms with E-state index in [4.69, 9.17) is 23.7 Å². The van der Waals surface area contributed by atoms with Crippen molar-refractivity contribution in [3.8, 4) is 23.0 Å². The smallest absolute Gasteiger partial charge is 0.337 e. The van der Waals surface area contributed by atoms with Gasteiger partial charge in [-0.15, -0.1) is 6.58 Å². The van der Waals surface area contributed by atoms with Crippen LogP contribution in [0.1, 0.15) is 49.1 Å². The Kier molecular flexibility index (Phi) is 11.6. The number of esters is 1. The Morgan fingerprint density at radius 1 is 0.958 bits per heavy atom. The third-order valence-electron chi connectivity index (χ3n) is 7.42. The van der Waals surface area contributed by atoms with Gasteiger partial charge >= 0.3 is 5.97 Å². The molecule has 0 aliphatic carbocycles. The average molecular weight is 734 g/mol. The van der Waals surface area contributed by atoms with E-state index in [1.165, 1.54) is 29.2 Å². The van der Waals surface area contributed by atoms with Crippen LogP contribution in [0.3, 0.4) is 0 Å². The van der Waals surface area contributed by atoms with E-state index in [-0.39, 0.29) is 11.1 Å². The van der Waals surface area contributed by atoms with Crippen LogP contribution < -0.4 is 33.8 Å². The molecule has 250 valence electrons. The zero-order valence-electron chi connectivity index (χ0n) is 27.3. The number of rotatable bonds is 14. The zero-order chi connectivity index (χ0) is 34.2. The number of benzene rings is 3. The first kappa shape index (κ1) is 34.7. The van der Waals surface area contributed by atoms with Crippen LogP contribution in [0.25, 0.3) is 6.08 Å². The largest absolute Gasteiger partial charge is 0.490 e. The molecule has 9 nitrogen and oxygen atoms in total. The summed E-state index contributed by atoms with van der Waals surface area (Å²) in [5.74, 6) is 1.70. The number of carbonyl (C=O) groups is 1. The zero-order valence-corrected chi connectivity index (χ0v) is 29.7. The number of fused-ring (bicyclic) bond motifs is 1. The van der Waals surface area contributed by atoms with Gasteiger partial charge in [-0.2, -0.15) is 0 Å². The fraction of sp³-hybridized carbons (Fsp3) is 0.270. The van der Waals surface area contributed by atoms with Gasteiger partial charge in [-0.1, -0.05) is 51.5 Å². The number of halogens is 1. The standard InChI is InChI=1S/C37H37BrN2O7S/c1-6-10-26-17-24(18-31(46-9-4)34(26)47-22-23-11-14-27(38)15-12-23)19-32-35(41)40-33(28(36(42)43-5)21-39-37(40)48-32)25-13-16-29(44-7-2)30(20-25)45-8-3/h6,11-21,33H,1,7-10,22H2,2-5H3/b32-19-/t33-/m0/s1. The van der Waals surface area contributed by atoms with Gasteiger partial charge in [-0.05, 0) is 86.4 Å². The molecule has 0 fully saturated rings. The molecule has 0 saturated heterocycles. The molecule has 5 rings (SSSR count). The van der Waals surface area contributed by atoms with Crippen molar-refractivity contribution in [2.24, 2.45) is 4.99 Å². The number of carbonyl (C=O) groups excluding carboxylic acids is 1. The van der Waals surface area contributed by atoms with Crippen molar-refractivity contribution in [3.63, 3.8) is 0 Å². The fourth-order valence-electron chi connectivity index (χ4n) is 5.38. The second kappa shape index (κ2) is 16.0. The van der Waals surface area contributed by atoms with Crippen molar-refractivity contribution in [2.75, 3.05) is 26.9 Å². The third kappa shape index (κ3) is 7.58. The van der Waals surface area contributed by atoms with Crippen molar-refractivity contribution in [1.29, 1.82) is 0 Å². The van der Waals surface area contributed by atoms with Gasteiger partial charge in [-0.25, -0.2) is 9.79 Å². The Labute approximate surface area is 291 Å². The van der Waals surface area contributed by atoms with E-state index < -0.39 is 12.0 Å². The van der Waals surface area contributed by atoms with Crippen LogP contribution in [-0.2, 0) is 22.6 Å². The highest BCUT2D eigenvalue weighted by Gasteiger charge is 2.31. The van der Waals surface area contributed by atoms with Crippen LogP contribution in [0.5, 0.6) is 23.0 Å². The van der Waals surface area contributed by atoms with Gasteiger partial charge in [-0.3, -0.25) is 9.36 Å². The van der Waals surface area contributed by atoms with Crippen LogP contribution in [0.4, 0.5) is 0 Å². The molecule has 0 bridgehead atoms. The molecular weight excluding hydrogens is 696 g/mol. The summed E-state index contributed by atoms with van der Waals surface area (Å²) in [4.78, 5) is 32.1. The van der Waals surface area contributed by atoms with Gasteiger partial charge in [0.2, 0.25) is 0 Å². The van der Waals surface area contributed by atoms with Gasteiger partial charge < -0.3 is 23.7 Å². The lowest BCUT2D eigenvalue weighted by Crippen LogP contribution is -2.39. The van der Waals surface area contributed by atoms with Gasteiger partial charge in [0, 0.05) is 16.2 Å². The first-order valence-electron chi connectivity index (χ1n) is 15.6. The summed E-state index contributed by atoms with van der Waals surface area (Å²) in [5, 5.41) is 0. The minimum atomic E-state index is -0.796. The van der Waals surface area contributed by atoms with E-state index in [1.54, 1.807) is 24.3 Å². The van der Waals surface area contributed by atoms with Gasteiger partial charge in [0.25, 0.3) is 5.56 Å². The molecule has 48 heavy (non-hydrogen) atoms. The van der Waals surface area contributed by atoms with E-state index in [9.17, 15) is 9.59 Å². The number of hydrogen-bond acceptors (Lipinski definition) is 9. The quantitative estimate of drug-likeness (QED) is 0.111. The van der Waals surface area contributed by atoms with E-state index >= 15 is 0 Å². The summed E-state index contributed by atoms with van der Waals surface area (Å²) in [6.07, 6.45) is 5.60. The number of methoxy groups -OCH3 is 1. The van der Waals surface area contributed by atoms with E-state index in [2.05, 4.69) is 27.5 Å². The van der Waals surface area contributed by atoms with Gasteiger partial charge in [0.1, 0.15) is 6.61 Å². The molecule has 0 radical (unpaired) electrons. The van der Waals surface area contributed by atoms with Crippen molar-refractivity contribution in [1.82, 2.24) is 4.57 Å². The molecule has 4 aromatic rings. The minimum Gasteiger partial charge on any atom is -0.490 e. The van der Waals surface area contributed by atoms with Crippen molar-refractivity contribution in [3.05, 3.63) is 125 Å². The molecule has 1 atom stereocenters. The second-order valence-electron chi connectivity index (χ2n) is 10.6. The maximum atomic E-state index is 14.2. The number of hydrogen-bond donors (Lipinski definition) is 0. The second-order valence-corrected chi connectivity index (χ2v) is 12.5. The summed E-state index contributed by atoms with van der Waals surface area (Å²) in [7, 11) is 1.30. The molecule has 1 aliphatic heterocycles. The first-order valence-corrected chi connectivity index (χ1v) is 17.2. The van der Waals surface area contributed by atoms with Crippen LogP contribution in [0.15, 0.2) is 93.3 Å². The van der Waals surface area contributed by atoms with Crippen LogP contribution in [0.2, 0.25) is 0 Å². The highest BCUT2D eigenvalue weighted by atomic mass is 79.9. The van der Waals surface area contributed by atoms with Crippen LogP contribution >= 0.6 is 27.3 Å². The SMILES string of the molecule is C=CCc1cc(/C=c2\sc3n(c2=O)[C@@H](c2ccc(OCC)c(OCC)c2)C(C(=O)OC)=CN=3)cc(OCC)c1OCc1ccc(Br)cc1. The van der Waals surface area contributed by atoms with E-state index in [0.29, 0.717) is 70.7 Å². The van der Waals surface area contributed by atoms with Crippen molar-refractivity contribution in [2.45, 2.75) is 39.8 Å². The van der Waals surface area contributed by atoms with E-state index in [0.717, 1.165) is 21.2 Å². The molecule has 1 aliphatic rings. The monoisotopic (exact) mass is 732 g/mol. The molecule has 0 amide bonds. The van der Waals surface area contributed by atoms with Crippen LogP contribution in [-0.4, -0.2) is 37.5 Å². The molecular formula is C37H37BrN2O7S. The van der Waals surface area contributed by atoms with Crippen LogP contribution in [0, 0.1) is 0 Å². The Morgan fingerprint density at radius 2 is 1.67 bits per heavy atom. The molecule has 11 heteroatoms. The summed E-state index contributed by atoms with van der Waals surface area (Å²) in [6, 6.07) is 16.4. The predicted octanol–water partition coefficient (Wildman–Crippen LogP) is 6.28. The number of nitrogens with zero attached hydrogens (tertiary/aromatic N) is 2. The highest BCUT2D eigenvalue weighted by Crippen LogP contribution is 2.36. The predicted molar refractivity (Wildman–Crippen MR) is 190 cm³/mol. The molecule has 1 aromatic heterocycles. The van der Waals surface area contributed by atoms with E-state index in [1.807, 2.05) is 63.2 Å². The molecule has 0 spiro atoms. The molecule has 3 aromatic carbocycles. The summed E-state index contributed by atoms with van der Waals surface area (Å²) in [5.41, 5.74) is 3.21. The fourth-order valence-corrected chi connectivity index (χ4v) is 6.61. The minimum absolute atomic E-state index is 0.224. The Bertz CT molecular complexity index is 2010. The Morgan fingerprint density at radius 3 is 2.35 bits per heavy atom. The normalized spacial score (nSPS) is 14.0. The third-order valence-corrected chi connectivity index (χ3v) is 8.95. The average Bonchev–Trinajstić information content (AvgIpc) is 3.40. The molecule has 0 N–H and O–H groups in total. The summed E-state index contributed by atoms with van der Waals surface area (Å²) >= 11 is 4.70. The molecule has 0 unspecified atom stereocenters. The maximum absolute atomic E-state index is 14.2. The Balaban J connectivity index is 1.61. The number of allylic oxidation sites excluding steroid dienone is 1. The van der Waals surface area contributed by atoms with Gasteiger partial charge in [0.05, 0.1) is 43.1 Å². The Hall–Kier alpha value is -4.61. The molecule has 0 saturated carbocycles. The molecule has 2 heterocycles. The highest BCUT2D eigenvalue weighted by molar-refractivity contribution is 9.10. The number of aromatic nitrogens is 1. The summed E-state index contributed by atoms with van der Waals surface area (Å²) in [6.45, 7) is 11.3. The lowest BCUT2D eigenvalue weighted by atomic mass is 9.97. The number of thiazole rings is 1. The summed E-state index contributed by atoms with van der Waals surface area (Å²) < 4.78 is 32.0. The lowest BCUT2D eigenvalue weighted by molar-refractivity contribution is -0.136. The number of ether oxygens (including phenoxy) is 5. The van der Waals surface area contributed by atoms with Crippen molar-refractivity contribution >= 4 is 39.3 Å². The van der Waals surface area contributed by atoms with Crippen molar-refractivity contribution < 1.29 is 28.5 Å². The maximum Gasteiger partial charge on any atom is 0.337 e. The van der Waals surface area contributed by atoms with Gasteiger partial charge in [0.15, 0.2) is 27.8 Å². The lowest BCUT2D eigenvalue weighted by Gasteiger charge is -2.23. The first-order chi connectivity index (χ1) is 23.3. The topological polar surface area (TPSA) is 97.6 Å².